The van der Waals surface area contributed by atoms with Crippen LogP contribution in [0.3, 0.4) is 0 Å². The van der Waals surface area contributed by atoms with Crippen LogP contribution in [0.15, 0.2) is 75.7 Å². The molecular weight excluding hydrogens is 430 g/mol. The summed E-state index contributed by atoms with van der Waals surface area (Å²) < 4.78 is 1.12. The Morgan fingerprint density at radius 1 is 1.18 bits per heavy atom. The fourth-order valence-electron chi connectivity index (χ4n) is 3.70. The van der Waals surface area contributed by atoms with Crippen molar-refractivity contribution in [2.75, 3.05) is 0 Å². The van der Waals surface area contributed by atoms with Crippen LogP contribution in [0.5, 0.6) is 0 Å². The highest BCUT2D eigenvalue weighted by Crippen LogP contribution is 2.27. The lowest BCUT2D eigenvalue weighted by molar-refractivity contribution is 0.533. The molecule has 2 aliphatic rings. The molecule has 0 amide bonds. The van der Waals surface area contributed by atoms with E-state index in [0.717, 1.165) is 46.4 Å². The largest absolute Gasteiger partial charge is 0.383 e. The van der Waals surface area contributed by atoms with Crippen molar-refractivity contribution < 1.29 is 0 Å². The molecule has 0 heterocycles. The minimum atomic E-state index is 0.448. The van der Waals surface area contributed by atoms with E-state index >= 15 is 0 Å². The van der Waals surface area contributed by atoms with Gasteiger partial charge < -0.3 is 11.1 Å². The van der Waals surface area contributed by atoms with E-state index in [1.165, 1.54) is 16.7 Å². The van der Waals surface area contributed by atoms with Crippen LogP contribution in [0, 0.1) is 0 Å². The Morgan fingerprint density at radius 3 is 2.86 bits per heavy atom. The van der Waals surface area contributed by atoms with Crippen LogP contribution in [0.25, 0.3) is 0 Å². The molecule has 0 spiro atoms. The molecule has 0 saturated heterocycles. The monoisotopic (exact) mass is 451 g/mol. The van der Waals surface area contributed by atoms with E-state index in [9.17, 15) is 0 Å². The summed E-state index contributed by atoms with van der Waals surface area (Å²) in [6, 6.07) is 15.3. The summed E-state index contributed by atoms with van der Waals surface area (Å²) in [7, 11) is 0. The minimum absolute atomic E-state index is 0.448. The van der Waals surface area contributed by atoms with Crippen molar-refractivity contribution in [2.24, 2.45) is 10.7 Å². The van der Waals surface area contributed by atoms with Gasteiger partial charge in [-0.25, -0.2) is 4.99 Å². The normalized spacial score (nSPS) is 18.9. The first kappa shape index (κ1) is 19.2. The average molecular weight is 452 g/mol. The molecule has 0 aliphatic heterocycles. The molecule has 4 rings (SSSR count). The number of amidine groups is 1. The Balaban J connectivity index is 1.43. The standard InChI is InChI=1S/C23H22BrN3S/c24-18-5-3-4-15(10-18)14-26-20-11-16-8-9-19(12-17(16)13-20)27-23(25)21-6-1-2-7-22(21)28/h1-6,8-10,12,20,26H,7,11,13-14H2,(H2,25,27). The first-order valence-corrected chi connectivity index (χ1v) is 10.6. The van der Waals surface area contributed by atoms with Crippen molar-refractivity contribution in [1.29, 1.82) is 0 Å². The van der Waals surface area contributed by atoms with Gasteiger partial charge in [-0.15, -0.1) is 0 Å². The molecule has 5 heteroatoms. The zero-order chi connectivity index (χ0) is 19.5. The number of aliphatic imine (C=N–C) groups is 1. The van der Waals surface area contributed by atoms with E-state index in [-0.39, 0.29) is 0 Å². The maximum absolute atomic E-state index is 6.21. The van der Waals surface area contributed by atoms with Gasteiger partial charge in [0.25, 0.3) is 0 Å². The molecule has 1 unspecified atom stereocenters. The fourth-order valence-corrected chi connectivity index (χ4v) is 4.41. The van der Waals surface area contributed by atoms with Gasteiger partial charge in [-0.2, -0.15) is 0 Å². The van der Waals surface area contributed by atoms with Crippen LogP contribution in [0.4, 0.5) is 5.69 Å². The second-order valence-electron chi connectivity index (χ2n) is 7.20. The second kappa shape index (κ2) is 8.52. The number of nitrogens with two attached hydrogens (primary N) is 1. The lowest BCUT2D eigenvalue weighted by atomic mass is 10.0. The van der Waals surface area contributed by atoms with Crippen LogP contribution in [0.1, 0.15) is 23.1 Å². The molecule has 2 aliphatic carbocycles. The molecule has 1 atom stereocenters. The van der Waals surface area contributed by atoms with Crippen LogP contribution >= 0.6 is 28.1 Å². The molecule has 142 valence electrons. The van der Waals surface area contributed by atoms with Crippen molar-refractivity contribution >= 4 is 44.5 Å². The van der Waals surface area contributed by atoms with Crippen molar-refractivity contribution in [3.8, 4) is 0 Å². The number of fused-ring (bicyclic) bond motifs is 1. The zero-order valence-electron chi connectivity index (χ0n) is 15.5. The summed E-state index contributed by atoms with van der Waals surface area (Å²) in [6.07, 6.45) is 8.78. The number of hydrogen-bond acceptors (Lipinski definition) is 3. The molecule has 0 bridgehead atoms. The number of hydrogen-bond donors (Lipinski definition) is 2. The van der Waals surface area contributed by atoms with E-state index in [4.69, 9.17) is 18.0 Å². The second-order valence-corrected chi connectivity index (χ2v) is 8.61. The van der Waals surface area contributed by atoms with Crippen LogP contribution < -0.4 is 11.1 Å². The van der Waals surface area contributed by atoms with Crippen molar-refractivity contribution in [2.45, 2.75) is 31.8 Å². The average Bonchev–Trinajstić information content (AvgIpc) is 3.09. The Kier molecular flexibility index (Phi) is 5.85. The first-order chi connectivity index (χ1) is 13.6. The van der Waals surface area contributed by atoms with Crippen LogP contribution in [0.2, 0.25) is 0 Å². The van der Waals surface area contributed by atoms with Gasteiger partial charge in [0.05, 0.1) is 5.69 Å². The summed E-state index contributed by atoms with van der Waals surface area (Å²) in [5.74, 6) is 0.497. The van der Waals surface area contributed by atoms with Gasteiger partial charge in [-0.1, -0.05) is 64.6 Å². The number of allylic oxidation sites excluding steroid dienone is 3. The number of halogens is 1. The maximum Gasteiger partial charge on any atom is 0.132 e. The van der Waals surface area contributed by atoms with Crippen molar-refractivity contribution in [3.05, 3.63) is 87.4 Å². The molecule has 28 heavy (non-hydrogen) atoms. The van der Waals surface area contributed by atoms with Gasteiger partial charge in [0, 0.05) is 33.9 Å². The third-order valence-electron chi connectivity index (χ3n) is 5.13. The number of nitrogens with one attached hydrogen (secondary N) is 1. The quantitative estimate of drug-likeness (QED) is 0.384. The van der Waals surface area contributed by atoms with Crippen LogP contribution in [-0.2, 0) is 19.4 Å². The molecule has 0 aromatic heterocycles. The number of benzene rings is 2. The number of rotatable bonds is 5. The molecule has 3 N–H and O–H groups in total. The van der Waals surface area contributed by atoms with Gasteiger partial charge in [-0.3, -0.25) is 0 Å². The van der Waals surface area contributed by atoms with Crippen molar-refractivity contribution in [1.82, 2.24) is 5.32 Å². The molecule has 0 saturated carbocycles. The van der Waals surface area contributed by atoms with E-state index in [2.05, 4.69) is 62.6 Å². The van der Waals surface area contributed by atoms with Gasteiger partial charge in [0.2, 0.25) is 0 Å². The lowest BCUT2D eigenvalue weighted by Gasteiger charge is -2.12. The number of nitrogens with zero attached hydrogens (tertiary/aromatic N) is 1. The van der Waals surface area contributed by atoms with E-state index in [1.54, 1.807) is 0 Å². The minimum Gasteiger partial charge on any atom is -0.383 e. The number of thiocarbonyl (C=S) groups is 1. The highest BCUT2D eigenvalue weighted by Gasteiger charge is 2.21. The van der Waals surface area contributed by atoms with E-state index < -0.39 is 0 Å². The molecular formula is C23H22BrN3S. The topological polar surface area (TPSA) is 50.4 Å². The smallest absolute Gasteiger partial charge is 0.132 e. The molecule has 0 fully saturated rings. The summed E-state index contributed by atoms with van der Waals surface area (Å²) in [5.41, 5.74) is 12.0. The molecule has 3 nitrogen and oxygen atoms in total. The highest BCUT2D eigenvalue weighted by atomic mass is 79.9. The van der Waals surface area contributed by atoms with Crippen LogP contribution in [-0.4, -0.2) is 16.7 Å². The zero-order valence-corrected chi connectivity index (χ0v) is 17.9. The van der Waals surface area contributed by atoms with E-state index in [0.29, 0.717) is 11.9 Å². The summed E-state index contributed by atoms with van der Waals surface area (Å²) in [4.78, 5) is 5.47. The van der Waals surface area contributed by atoms with Gasteiger partial charge in [0.1, 0.15) is 5.84 Å². The fraction of sp³-hybridized carbons (Fsp3) is 0.217. The summed E-state index contributed by atoms with van der Waals surface area (Å²) in [6.45, 7) is 0.870. The Labute approximate surface area is 179 Å². The molecule has 2 aromatic rings. The predicted molar refractivity (Wildman–Crippen MR) is 124 cm³/mol. The Morgan fingerprint density at radius 2 is 2.04 bits per heavy atom. The third-order valence-corrected chi connectivity index (χ3v) is 6.01. The Bertz CT molecular complexity index is 1010. The van der Waals surface area contributed by atoms with Crippen molar-refractivity contribution in [3.63, 3.8) is 0 Å². The third kappa shape index (κ3) is 4.49. The van der Waals surface area contributed by atoms with Gasteiger partial charge in [0.15, 0.2) is 0 Å². The summed E-state index contributed by atoms with van der Waals surface area (Å²) >= 11 is 8.93. The van der Waals surface area contributed by atoms with Gasteiger partial charge >= 0.3 is 0 Å². The SMILES string of the molecule is NC(=Nc1ccc2c(c1)CC(NCc1cccc(Br)c1)C2)C1=CC=CCC1=S. The lowest BCUT2D eigenvalue weighted by Crippen LogP contribution is -2.28. The van der Waals surface area contributed by atoms with E-state index in [1.807, 2.05) is 24.3 Å². The van der Waals surface area contributed by atoms with Gasteiger partial charge in [-0.05, 0) is 53.8 Å². The first-order valence-electron chi connectivity index (χ1n) is 9.42. The molecule has 2 aromatic carbocycles. The highest BCUT2D eigenvalue weighted by molar-refractivity contribution is 9.10. The molecule has 0 radical (unpaired) electrons. The summed E-state index contributed by atoms with van der Waals surface area (Å²) in [5, 5.41) is 3.67. The predicted octanol–water partition coefficient (Wildman–Crippen LogP) is 4.95. The Hall–Kier alpha value is -2.08. The maximum atomic E-state index is 6.21.